The minimum absolute atomic E-state index is 0.0526. The molecule has 1 N–H and O–H groups in total. The quantitative estimate of drug-likeness (QED) is 0.904. The Labute approximate surface area is 112 Å². The molecule has 0 aromatic carbocycles. The molecule has 104 valence electrons. The van der Waals surface area contributed by atoms with E-state index < -0.39 is 5.60 Å². The summed E-state index contributed by atoms with van der Waals surface area (Å²) in [5.74, 6) is 1.45. The molecular formula is C14H20N2O3. The van der Waals surface area contributed by atoms with Crippen LogP contribution in [-0.2, 0) is 16.1 Å². The maximum Gasteiger partial charge on any atom is 0.252 e. The number of aromatic nitrogens is 1. The van der Waals surface area contributed by atoms with Crippen molar-refractivity contribution in [3.05, 3.63) is 17.5 Å². The van der Waals surface area contributed by atoms with E-state index in [1.807, 2.05) is 13.0 Å². The Kier molecular flexibility index (Phi) is 3.31. The van der Waals surface area contributed by atoms with Gasteiger partial charge < -0.3 is 14.6 Å². The van der Waals surface area contributed by atoms with Gasteiger partial charge in [0.2, 0.25) is 0 Å². The highest BCUT2D eigenvalue weighted by atomic mass is 16.5. The fourth-order valence-corrected chi connectivity index (χ4v) is 2.44. The van der Waals surface area contributed by atoms with Crippen LogP contribution in [0.5, 0.6) is 0 Å². The Hall–Kier alpha value is -1.36. The van der Waals surface area contributed by atoms with E-state index in [4.69, 9.17) is 9.26 Å². The topological polar surface area (TPSA) is 64.4 Å². The summed E-state index contributed by atoms with van der Waals surface area (Å²) in [7, 11) is 0. The van der Waals surface area contributed by atoms with E-state index in [2.05, 4.69) is 10.5 Å². The van der Waals surface area contributed by atoms with Crippen LogP contribution in [0.3, 0.4) is 0 Å². The largest absolute Gasteiger partial charge is 0.365 e. The first-order valence-electron chi connectivity index (χ1n) is 7.05. The van der Waals surface area contributed by atoms with Crippen molar-refractivity contribution in [3.8, 4) is 0 Å². The van der Waals surface area contributed by atoms with Crippen LogP contribution in [0.2, 0.25) is 0 Å². The normalized spacial score (nSPS) is 27.2. The van der Waals surface area contributed by atoms with Crippen molar-refractivity contribution in [3.63, 3.8) is 0 Å². The number of carbonyl (C=O) groups excluding carboxylic acids is 1. The summed E-state index contributed by atoms with van der Waals surface area (Å²) in [6.45, 7) is 2.94. The molecule has 0 radical (unpaired) electrons. The summed E-state index contributed by atoms with van der Waals surface area (Å²) >= 11 is 0. The first kappa shape index (κ1) is 12.7. The Morgan fingerprint density at radius 3 is 3.05 bits per heavy atom. The fourth-order valence-electron chi connectivity index (χ4n) is 2.44. The monoisotopic (exact) mass is 264 g/mol. The van der Waals surface area contributed by atoms with Crippen molar-refractivity contribution in [2.45, 2.75) is 57.1 Å². The molecule has 19 heavy (non-hydrogen) atoms. The van der Waals surface area contributed by atoms with Crippen molar-refractivity contribution >= 4 is 5.91 Å². The average molecular weight is 264 g/mol. The number of nitrogens with one attached hydrogen (secondary N) is 1. The van der Waals surface area contributed by atoms with Crippen LogP contribution in [0.15, 0.2) is 10.6 Å². The number of ether oxygens (including phenoxy) is 1. The first-order chi connectivity index (χ1) is 9.17. The molecule has 2 aliphatic rings. The molecule has 1 atom stereocenters. The molecular weight excluding hydrogens is 244 g/mol. The molecule has 2 heterocycles. The van der Waals surface area contributed by atoms with Crippen LogP contribution >= 0.6 is 0 Å². The zero-order chi connectivity index (χ0) is 13.3. The van der Waals surface area contributed by atoms with Gasteiger partial charge >= 0.3 is 0 Å². The lowest BCUT2D eigenvalue weighted by atomic mass is 9.95. The highest BCUT2D eigenvalue weighted by molar-refractivity contribution is 5.84. The van der Waals surface area contributed by atoms with Crippen LogP contribution < -0.4 is 5.32 Å². The molecule has 1 aliphatic carbocycles. The van der Waals surface area contributed by atoms with Gasteiger partial charge in [-0.2, -0.15) is 0 Å². The van der Waals surface area contributed by atoms with Crippen molar-refractivity contribution < 1.29 is 14.1 Å². The van der Waals surface area contributed by atoms with Crippen LogP contribution in [0, 0.1) is 0 Å². The zero-order valence-corrected chi connectivity index (χ0v) is 11.3. The van der Waals surface area contributed by atoms with E-state index in [-0.39, 0.29) is 5.91 Å². The molecule has 1 aromatic rings. The summed E-state index contributed by atoms with van der Waals surface area (Å²) in [5, 5.41) is 6.88. The van der Waals surface area contributed by atoms with Crippen molar-refractivity contribution in [2.75, 3.05) is 6.61 Å². The van der Waals surface area contributed by atoms with Crippen LogP contribution in [0.4, 0.5) is 0 Å². The standard InChI is InChI=1S/C14H20N2O3/c1-14(6-2-3-7-18-14)13(17)15-9-11-8-12(19-16-11)10-4-5-10/h8,10H,2-7,9H2,1H3,(H,15,17)/t14-/m1/s1. The van der Waals surface area contributed by atoms with Crippen LogP contribution in [-0.4, -0.2) is 23.3 Å². The second-order valence-electron chi connectivity index (χ2n) is 5.71. The fraction of sp³-hybridized carbons (Fsp3) is 0.714. The Morgan fingerprint density at radius 2 is 2.37 bits per heavy atom. The molecule has 3 rings (SSSR count). The van der Waals surface area contributed by atoms with Gasteiger partial charge in [-0.1, -0.05) is 5.16 Å². The zero-order valence-electron chi connectivity index (χ0n) is 11.3. The predicted molar refractivity (Wildman–Crippen MR) is 68.5 cm³/mol. The molecule has 5 heteroatoms. The highest BCUT2D eigenvalue weighted by Gasteiger charge is 2.36. The summed E-state index contributed by atoms with van der Waals surface area (Å²) in [5.41, 5.74) is 0.107. The second-order valence-corrected chi connectivity index (χ2v) is 5.71. The van der Waals surface area contributed by atoms with E-state index in [1.165, 1.54) is 12.8 Å². The van der Waals surface area contributed by atoms with E-state index in [9.17, 15) is 4.79 Å². The molecule has 1 aromatic heterocycles. The van der Waals surface area contributed by atoms with Crippen molar-refractivity contribution in [2.24, 2.45) is 0 Å². The molecule has 1 saturated heterocycles. The van der Waals surface area contributed by atoms with Gasteiger partial charge in [-0.15, -0.1) is 0 Å². The lowest BCUT2D eigenvalue weighted by Gasteiger charge is -2.32. The van der Waals surface area contributed by atoms with Crippen molar-refractivity contribution in [1.82, 2.24) is 10.5 Å². The molecule has 1 aliphatic heterocycles. The molecule has 0 spiro atoms. The second kappa shape index (κ2) is 4.96. The maximum atomic E-state index is 12.2. The van der Waals surface area contributed by atoms with E-state index >= 15 is 0 Å². The smallest absolute Gasteiger partial charge is 0.252 e. The molecule has 1 amide bonds. The molecule has 0 unspecified atom stereocenters. The van der Waals surface area contributed by atoms with Crippen LogP contribution in [0.1, 0.15) is 56.4 Å². The SMILES string of the molecule is C[C@]1(C(=O)NCc2cc(C3CC3)on2)CCCCO1. The third-order valence-electron chi connectivity index (χ3n) is 3.94. The number of carbonyl (C=O) groups is 1. The summed E-state index contributed by atoms with van der Waals surface area (Å²) in [4.78, 5) is 12.2. The predicted octanol–water partition coefficient (Wildman–Crippen LogP) is 2.13. The number of hydrogen-bond acceptors (Lipinski definition) is 4. The molecule has 5 nitrogen and oxygen atoms in total. The molecule has 0 bridgehead atoms. The summed E-state index contributed by atoms with van der Waals surface area (Å²) in [6, 6.07) is 1.95. The Balaban J connectivity index is 1.54. The van der Waals surface area contributed by atoms with Gasteiger partial charge in [0.05, 0.1) is 6.54 Å². The van der Waals surface area contributed by atoms with Gasteiger partial charge in [0.25, 0.3) is 5.91 Å². The number of nitrogens with zero attached hydrogens (tertiary/aromatic N) is 1. The van der Waals surface area contributed by atoms with E-state index in [0.717, 1.165) is 30.7 Å². The van der Waals surface area contributed by atoms with Crippen LogP contribution in [0.25, 0.3) is 0 Å². The Bertz CT molecular complexity index is 459. The van der Waals surface area contributed by atoms with Crippen molar-refractivity contribution in [1.29, 1.82) is 0 Å². The minimum Gasteiger partial charge on any atom is -0.365 e. The molecule has 1 saturated carbocycles. The number of hydrogen-bond donors (Lipinski definition) is 1. The third kappa shape index (κ3) is 2.81. The lowest BCUT2D eigenvalue weighted by molar-refractivity contribution is -0.150. The number of amides is 1. The number of rotatable bonds is 4. The lowest BCUT2D eigenvalue weighted by Crippen LogP contribution is -2.48. The highest BCUT2D eigenvalue weighted by Crippen LogP contribution is 2.40. The Morgan fingerprint density at radius 1 is 1.53 bits per heavy atom. The van der Waals surface area contributed by atoms with E-state index in [0.29, 0.717) is 19.1 Å². The summed E-state index contributed by atoms with van der Waals surface area (Å²) < 4.78 is 10.9. The van der Waals surface area contributed by atoms with Gasteiger partial charge in [0.15, 0.2) is 0 Å². The van der Waals surface area contributed by atoms with Gasteiger partial charge in [-0.3, -0.25) is 4.79 Å². The third-order valence-corrected chi connectivity index (χ3v) is 3.94. The van der Waals surface area contributed by atoms with E-state index in [1.54, 1.807) is 0 Å². The first-order valence-corrected chi connectivity index (χ1v) is 7.05. The molecule has 2 fully saturated rings. The average Bonchev–Trinajstić information content (AvgIpc) is 3.16. The van der Waals surface area contributed by atoms with Gasteiger partial charge in [0.1, 0.15) is 17.1 Å². The van der Waals surface area contributed by atoms with Gasteiger partial charge in [-0.25, -0.2) is 0 Å². The minimum atomic E-state index is -0.679. The maximum absolute atomic E-state index is 12.2. The van der Waals surface area contributed by atoms with Gasteiger partial charge in [-0.05, 0) is 39.0 Å². The van der Waals surface area contributed by atoms with Gasteiger partial charge in [0, 0.05) is 18.6 Å². The summed E-state index contributed by atoms with van der Waals surface area (Å²) in [6.07, 6.45) is 5.24.